The molecule has 3 rings (SSSR count). The number of benzene rings is 2. The van der Waals surface area contributed by atoms with Crippen LogP contribution in [0.2, 0.25) is 0 Å². The Labute approximate surface area is 140 Å². The standard InChI is InChI=1S/C19H18N2O3/c1-12-6-4-5-7-14(12)11-20(2)17(22)13-8-9-15-16(10-13)19(24)21(3)18(15)23/h4-10H,11H2,1-3H3. The van der Waals surface area contributed by atoms with Crippen molar-refractivity contribution in [2.75, 3.05) is 14.1 Å². The third-order valence-electron chi connectivity index (χ3n) is 4.35. The molecule has 24 heavy (non-hydrogen) atoms. The van der Waals surface area contributed by atoms with Crippen LogP contribution in [-0.4, -0.2) is 41.6 Å². The minimum atomic E-state index is -0.369. The van der Waals surface area contributed by atoms with E-state index >= 15 is 0 Å². The summed E-state index contributed by atoms with van der Waals surface area (Å²) >= 11 is 0. The lowest BCUT2D eigenvalue weighted by molar-refractivity contribution is 0.0692. The number of carbonyl (C=O) groups excluding carboxylic acids is 3. The second kappa shape index (κ2) is 5.92. The van der Waals surface area contributed by atoms with Crippen LogP contribution in [0.25, 0.3) is 0 Å². The van der Waals surface area contributed by atoms with Crippen molar-refractivity contribution < 1.29 is 14.4 Å². The molecule has 0 aliphatic carbocycles. The van der Waals surface area contributed by atoms with E-state index in [0.29, 0.717) is 17.7 Å². The van der Waals surface area contributed by atoms with Gasteiger partial charge < -0.3 is 4.90 Å². The number of amides is 3. The van der Waals surface area contributed by atoms with Crippen molar-refractivity contribution in [3.63, 3.8) is 0 Å². The van der Waals surface area contributed by atoms with Crippen molar-refractivity contribution in [3.8, 4) is 0 Å². The fourth-order valence-corrected chi connectivity index (χ4v) is 2.83. The van der Waals surface area contributed by atoms with Gasteiger partial charge in [0.25, 0.3) is 17.7 Å². The Morgan fingerprint density at radius 1 is 1.04 bits per heavy atom. The van der Waals surface area contributed by atoms with Crippen molar-refractivity contribution in [3.05, 3.63) is 70.3 Å². The predicted octanol–water partition coefficient (Wildman–Crippen LogP) is 2.49. The lowest BCUT2D eigenvalue weighted by Gasteiger charge is -2.18. The maximum Gasteiger partial charge on any atom is 0.261 e. The van der Waals surface area contributed by atoms with Gasteiger partial charge in [0.05, 0.1) is 11.1 Å². The molecule has 1 heterocycles. The summed E-state index contributed by atoms with van der Waals surface area (Å²) in [6.45, 7) is 2.48. The zero-order valence-corrected chi connectivity index (χ0v) is 13.9. The van der Waals surface area contributed by atoms with E-state index in [9.17, 15) is 14.4 Å². The molecule has 0 N–H and O–H groups in total. The number of hydrogen-bond acceptors (Lipinski definition) is 3. The van der Waals surface area contributed by atoms with E-state index in [1.165, 1.54) is 13.1 Å². The van der Waals surface area contributed by atoms with Crippen LogP contribution in [0.3, 0.4) is 0 Å². The van der Waals surface area contributed by atoms with Gasteiger partial charge in [-0.3, -0.25) is 19.3 Å². The first-order valence-electron chi connectivity index (χ1n) is 7.66. The van der Waals surface area contributed by atoms with Gasteiger partial charge >= 0.3 is 0 Å². The topological polar surface area (TPSA) is 57.7 Å². The van der Waals surface area contributed by atoms with Crippen molar-refractivity contribution in [2.45, 2.75) is 13.5 Å². The summed E-state index contributed by atoms with van der Waals surface area (Å²) in [5.41, 5.74) is 3.23. The van der Waals surface area contributed by atoms with E-state index in [1.54, 1.807) is 24.1 Å². The van der Waals surface area contributed by atoms with Crippen LogP contribution in [0.1, 0.15) is 42.2 Å². The molecule has 0 atom stereocenters. The molecule has 0 bridgehead atoms. The average Bonchev–Trinajstić information content (AvgIpc) is 2.80. The molecule has 2 aromatic rings. The van der Waals surface area contributed by atoms with Gasteiger partial charge in [0.15, 0.2) is 0 Å². The highest BCUT2D eigenvalue weighted by molar-refractivity contribution is 6.21. The molecular formula is C19H18N2O3. The highest BCUT2D eigenvalue weighted by Gasteiger charge is 2.33. The molecule has 1 aliphatic heterocycles. The van der Waals surface area contributed by atoms with E-state index in [1.807, 2.05) is 31.2 Å². The first-order valence-corrected chi connectivity index (χ1v) is 7.66. The number of imide groups is 1. The Morgan fingerprint density at radius 3 is 2.42 bits per heavy atom. The van der Waals surface area contributed by atoms with Gasteiger partial charge in [0, 0.05) is 26.2 Å². The molecule has 2 aromatic carbocycles. The van der Waals surface area contributed by atoms with Gasteiger partial charge in [-0.2, -0.15) is 0 Å². The summed E-state index contributed by atoms with van der Waals surface area (Å²) in [6.07, 6.45) is 0. The van der Waals surface area contributed by atoms with Gasteiger partial charge in [-0.05, 0) is 36.2 Å². The molecule has 3 amide bonds. The maximum atomic E-state index is 12.6. The first kappa shape index (κ1) is 15.9. The maximum absolute atomic E-state index is 12.6. The molecule has 0 fully saturated rings. The Bertz CT molecular complexity index is 857. The second-order valence-electron chi connectivity index (χ2n) is 6.02. The lowest BCUT2D eigenvalue weighted by Crippen LogP contribution is -2.26. The summed E-state index contributed by atoms with van der Waals surface area (Å²) in [7, 11) is 3.16. The molecule has 0 saturated heterocycles. The van der Waals surface area contributed by atoms with Gasteiger partial charge in [0.2, 0.25) is 0 Å². The molecule has 122 valence electrons. The molecule has 0 unspecified atom stereocenters. The molecule has 5 nitrogen and oxygen atoms in total. The van der Waals surface area contributed by atoms with Gasteiger partial charge in [-0.25, -0.2) is 0 Å². The molecule has 0 radical (unpaired) electrons. The van der Waals surface area contributed by atoms with Crippen LogP contribution >= 0.6 is 0 Å². The number of carbonyl (C=O) groups is 3. The normalized spacial score (nSPS) is 13.2. The Balaban J connectivity index is 1.85. The quantitative estimate of drug-likeness (QED) is 0.816. The number of aryl methyl sites for hydroxylation is 1. The van der Waals surface area contributed by atoms with E-state index in [0.717, 1.165) is 16.0 Å². The average molecular weight is 322 g/mol. The second-order valence-corrected chi connectivity index (χ2v) is 6.02. The Morgan fingerprint density at radius 2 is 1.71 bits per heavy atom. The molecule has 5 heteroatoms. The van der Waals surface area contributed by atoms with E-state index in [4.69, 9.17) is 0 Å². The van der Waals surface area contributed by atoms with Crippen molar-refractivity contribution >= 4 is 17.7 Å². The number of rotatable bonds is 3. The van der Waals surface area contributed by atoms with Crippen LogP contribution in [0.5, 0.6) is 0 Å². The highest BCUT2D eigenvalue weighted by atomic mass is 16.2. The fraction of sp³-hybridized carbons (Fsp3) is 0.211. The monoisotopic (exact) mass is 322 g/mol. The largest absolute Gasteiger partial charge is 0.337 e. The predicted molar refractivity (Wildman–Crippen MR) is 89.8 cm³/mol. The zero-order valence-electron chi connectivity index (χ0n) is 13.9. The number of hydrogen-bond donors (Lipinski definition) is 0. The van der Waals surface area contributed by atoms with Crippen LogP contribution < -0.4 is 0 Å². The van der Waals surface area contributed by atoms with Crippen LogP contribution in [0, 0.1) is 6.92 Å². The molecule has 0 spiro atoms. The van der Waals surface area contributed by atoms with Crippen molar-refractivity contribution in [2.24, 2.45) is 0 Å². The zero-order chi connectivity index (χ0) is 17.4. The molecule has 1 aliphatic rings. The highest BCUT2D eigenvalue weighted by Crippen LogP contribution is 2.23. The third kappa shape index (κ3) is 2.58. The number of nitrogens with zero attached hydrogens (tertiary/aromatic N) is 2. The van der Waals surface area contributed by atoms with Crippen molar-refractivity contribution in [1.29, 1.82) is 0 Å². The smallest absolute Gasteiger partial charge is 0.261 e. The Hall–Kier alpha value is -2.95. The molecule has 0 saturated carbocycles. The fourth-order valence-electron chi connectivity index (χ4n) is 2.83. The van der Waals surface area contributed by atoms with Crippen LogP contribution in [-0.2, 0) is 6.54 Å². The van der Waals surface area contributed by atoms with Gasteiger partial charge in [0.1, 0.15) is 0 Å². The number of fused-ring (bicyclic) bond motifs is 1. The summed E-state index contributed by atoms with van der Waals surface area (Å²) in [4.78, 5) is 39.3. The summed E-state index contributed by atoms with van der Waals surface area (Å²) in [5, 5.41) is 0. The van der Waals surface area contributed by atoms with Crippen LogP contribution in [0.4, 0.5) is 0 Å². The first-order chi connectivity index (χ1) is 11.4. The summed E-state index contributed by atoms with van der Waals surface area (Å²) in [6, 6.07) is 12.5. The lowest BCUT2D eigenvalue weighted by atomic mass is 10.0. The minimum absolute atomic E-state index is 0.184. The molecule has 0 aromatic heterocycles. The Kier molecular flexibility index (Phi) is 3.93. The minimum Gasteiger partial charge on any atom is -0.337 e. The van der Waals surface area contributed by atoms with E-state index in [-0.39, 0.29) is 23.3 Å². The van der Waals surface area contributed by atoms with Crippen LogP contribution in [0.15, 0.2) is 42.5 Å². The third-order valence-corrected chi connectivity index (χ3v) is 4.35. The molecular weight excluding hydrogens is 304 g/mol. The van der Waals surface area contributed by atoms with Gasteiger partial charge in [-0.1, -0.05) is 24.3 Å². The van der Waals surface area contributed by atoms with Crippen molar-refractivity contribution in [1.82, 2.24) is 9.80 Å². The summed E-state index contributed by atoms with van der Waals surface area (Å²) in [5.74, 6) is -0.885. The SMILES string of the molecule is Cc1ccccc1CN(C)C(=O)c1ccc2c(c1)C(=O)N(C)C2=O. The van der Waals surface area contributed by atoms with E-state index < -0.39 is 0 Å². The van der Waals surface area contributed by atoms with Gasteiger partial charge in [-0.15, -0.1) is 0 Å². The summed E-state index contributed by atoms with van der Waals surface area (Å²) < 4.78 is 0. The van der Waals surface area contributed by atoms with E-state index in [2.05, 4.69) is 0 Å².